The maximum Gasteiger partial charge on any atom is 0.413 e. The van der Waals surface area contributed by atoms with Crippen LogP contribution in [0.15, 0.2) is 117 Å². The average Bonchev–Trinajstić information content (AvgIpc) is 1.68. The molecule has 93 heavy (non-hydrogen) atoms. The van der Waals surface area contributed by atoms with Crippen molar-refractivity contribution in [3.8, 4) is 0 Å². The summed E-state index contributed by atoms with van der Waals surface area (Å²) in [5.74, 6) is -0.273. The second-order valence-corrected chi connectivity index (χ2v) is 25.0. The molecule has 8 rings (SSSR count). The third-order valence-electron chi connectivity index (χ3n) is 12.8. The van der Waals surface area contributed by atoms with Crippen molar-refractivity contribution in [2.24, 2.45) is 5.92 Å². The lowest BCUT2D eigenvalue weighted by Crippen LogP contribution is -2.39. The first-order chi connectivity index (χ1) is 43.0. The molecule has 0 aliphatic carbocycles. The SMILES string of the molecule is C.CC(C)(C)n1ccc(NC(=O)OCc2ccccc2)nc1=O.CC(C)(C)n1cnc2c(NC(=O)OCc3ccccc3)ncnc21.Cc1cn(C(C)(C)C)c(=O)[nH]c1=O.Cc1nc2c(ncn2C(C)(C)C)c(=O)[nH]1.[B]CC(=O)N(CC(=O)O)C[C@@H](C)COCCOC. The minimum atomic E-state index is -1.05. The van der Waals surface area contributed by atoms with Crippen LogP contribution in [0.2, 0.25) is 6.32 Å². The number of rotatable bonds is 16. The second kappa shape index (κ2) is 35.3. The number of carboxylic acid groups (broad SMARTS) is 1. The zero-order valence-electron chi connectivity index (χ0n) is 55.3. The smallest absolute Gasteiger partial charge is 0.413 e. The number of anilines is 2. The molecule has 29 heteroatoms. The summed E-state index contributed by atoms with van der Waals surface area (Å²) >= 11 is 0. The molecule has 1 atom stereocenters. The summed E-state index contributed by atoms with van der Waals surface area (Å²) in [4.78, 5) is 123. The number of aryl methyl sites for hydroxylation is 2. The summed E-state index contributed by atoms with van der Waals surface area (Å²) < 4.78 is 27.3. The lowest BCUT2D eigenvalue weighted by atomic mass is 10.0. The van der Waals surface area contributed by atoms with Crippen molar-refractivity contribution in [1.29, 1.82) is 0 Å². The highest BCUT2D eigenvalue weighted by Crippen LogP contribution is 2.24. The Labute approximate surface area is 542 Å². The highest BCUT2D eigenvalue weighted by Gasteiger charge is 2.23. The van der Waals surface area contributed by atoms with Crippen molar-refractivity contribution in [3.05, 3.63) is 162 Å². The van der Waals surface area contributed by atoms with Crippen LogP contribution >= 0.6 is 0 Å². The summed E-state index contributed by atoms with van der Waals surface area (Å²) in [6.45, 7) is 30.8. The van der Waals surface area contributed by atoms with Crippen LogP contribution in [0.1, 0.15) is 120 Å². The van der Waals surface area contributed by atoms with Gasteiger partial charge >= 0.3 is 29.5 Å². The van der Waals surface area contributed by atoms with Crippen molar-refractivity contribution in [3.63, 3.8) is 0 Å². The Hall–Kier alpha value is -9.64. The topological polar surface area (TPSA) is 350 Å². The molecule has 0 spiro atoms. The lowest BCUT2D eigenvalue weighted by molar-refractivity contribution is -0.144. The number of aliphatic carboxylic acids is 1. The molecule has 28 nitrogen and oxygen atoms in total. The summed E-state index contributed by atoms with van der Waals surface area (Å²) in [5.41, 5.74) is 2.35. The molecule has 8 aromatic rings. The van der Waals surface area contributed by atoms with Crippen LogP contribution < -0.4 is 33.1 Å². The van der Waals surface area contributed by atoms with E-state index in [1.54, 1.807) is 52.1 Å². The van der Waals surface area contributed by atoms with E-state index in [4.69, 9.17) is 31.9 Å². The van der Waals surface area contributed by atoms with Gasteiger partial charge in [0.1, 0.15) is 37.7 Å². The van der Waals surface area contributed by atoms with Crippen LogP contribution in [0.5, 0.6) is 0 Å². The summed E-state index contributed by atoms with van der Waals surface area (Å²) in [6.07, 6.45) is 6.52. The first kappa shape index (κ1) is 77.6. The van der Waals surface area contributed by atoms with Gasteiger partial charge in [-0.25, -0.2) is 44.1 Å². The van der Waals surface area contributed by atoms with Gasteiger partial charge in [0.15, 0.2) is 28.1 Å². The Kier molecular flexibility index (Phi) is 29.4. The molecule has 2 radical (unpaired) electrons. The summed E-state index contributed by atoms with van der Waals surface area (Å²) in [7, 11) is 6.82. The number of amides is 3. The molecule has 0 saturated carbocycles. The number of methoxy groups -OCH3 is 1. The number of hydrogen-bond donors (Lipinski definition) is 5. The number of nitrogens with zero attached hydrogens (tertiary/aromatic N) is 11. The van der Waals surface area contributed by atoms with Gasteiger partial charge in [-0.1, -0.05) is 75.0 Å². The Balaban J connectivity index is 0.000000308. The largest absolute Gasteiger partial charge is 0.480 e. The number of nitrogens with one attached hydrogen (secondary N) is 4. The van der Waals surface area contributed by atoms with Crippen LogP contribution in [-0.2, 0) is 63.9 Å². The van der Waals surface area contributed by atoms with Gasteiger partial charge in [-0.15, -0.1) is 0 Å². The molecule has 0 aliphatic heterocycles. The van der Waals surface area contributed by atoms with Gasteiger partial charge in [-0.3, -0.25) is 43.9 Å². The van der Waals surface area contributed by atoms with E-state index in [0.29, 0.717) is 65.9 Å². The van der Waals surface area contributed by atoms with Gasteiger partial charge in [-0.2, -0.15) is 4.98 Å². The molecule has 0 saturated heterocycles. The van der Waals surface area contributed by atoms with E-state index >= 15 is 0 Å². The van der Waals surface area contributed by atoms with E-state index in [1.807, 2.05) is 139 Å². The van der Waals surface area contributed by atoms with Gasteiger partial charge in [0.2, 0.25) is 5.91 Å². The van der Waals surface area contributed by atoms with Crippen LogP contribution in [0.4, 0.5) is 21.2 Å². The number of aromatic amines is 2. The van der Waals surface area contributed by atoms with E-state index in [1.165, 1.54) is 20.4 Å². The zero-order valence-corrected chi connectivity index (χ0v) is 55.3. The molecule has 0 fully saturated rings. The number of carbonyl (C=O) groups excluding carboxylic acids is 3. The molecular formula is C64H90BN15O13. The molecule has 6 heterocycles. The lowest BCUT2D eigenvalue weighted by Gasteiger charge is -2.24. The average molecular weight is 1290 g/mol. The highest BCUT2D eigenvalue weighted by atomic mass is 16.6. The maximum atomic E-state index is 12.0. The van der Waals surface area contributed by atoms with Gasteiger partial charge in [0, 0.05) is 53.8 Å². The Morgan fingerprint density at radius 1 is 0.656 bits per heavy atom. The van der Waals surface area contributed by atoms with Crippen LogP contribution in [-0.4, -0.2) is 140 Å². The molecule has 0 unspecified atom stereocenters. The van der Waals surface area contributed by atoms with Gasteiger partial charge in [-0.05, 0) is 126 Å². The fraction of sp³-hybridized carbons (Fsp3) is 0.469. The highest BCUT2D eigenvalue weighted by molar-refractivity contribution is 6.19. The van der Waals surface area contributed by atoms with Gasteiger partial charge in [0.25, 0.3) is 11.1 Å². The van der Waals surface area contributed by atoms with Crippen molar-refractivity contribution in [2.75, 3.05) is 50.7 Å². The van der Waals surface area contributed by atoms with Gasteiger partial charge in [0.05, 0.1) is 40.3 Å². The van der Waals surface area contributed by atoms with E-state index in [-0.39, 0.29) is 90.1 Å². The van der Waals surface area contributed by atoms with Crippen LogP contribution in [0.25, 0.3) is 22.3 Å². The van der Waals surface area contributed by atoms with Crippen molar-refractivity contribution in [1.82, 2.24) is 63.0 Å². The fourth-order valence-electron chi connectivity index (χ4n) is 8.10. The molecule has 0 aliphatic rings. The van der Waals surface area contributed by atoms with E-state index in [9.17, 15) is 38.4 Å². The maximum absolute atomic E-state index is 12.0. The number of benzene rings is 2. The van der Waals surface area contributed by atoms with E-state index < -0.39 is 23.8 Å². The predicted octanol–water partition coefficient (Wildman–Crippen LogP) is 8.28. The fourth-order valence-corrected chi connectivity index (χ4v) is 8.10. The third kappa shape index (κ3) is 25.2. The molecule has 3 amide bonds. The van der Waals surface area contributed by atoms with Gasteiger partial charge < -0.3 is 43.1 Å². The normalized spacial score (nSPS) is 11.5. The summed E-state index contributed by atoms with van der Waals surface area (Å²) in [5, 5.41) is 13.8. The molecule has 2 aromatic carbocycles. The molecule has 0 bridgehead atoms. The monoisotopic (exact) mass is 1290 g/mol. The zero-order chi connectivity index (χ0) is 68.7. The predicted molar refractivity (Wildman–Crippen MR) is 357 cm³/mol. The quantitative estimate of drug-likeness (QED) is 0.0448. The van der Waals surface area contributed by atoms with E-state index in [0.717, 1.165) is 11.1 Å². The molecule has 502 valence electrons. The number of hydrogen-bond acceptors (Lipinski definition) is 18. The van der Waals surface area contributed by atoms with Crippen LogP contribution in [0, 0.1) is 19.8 Å². The van der Waals surface area contributed by atoms with Crippen LogP contribution in [0.3, 0.4) is 0 Å². The van der Waals surface area contributed by atoms with Crippen molar-refractivity contribution in [2.45, 2.75) is 153 Å². The minimum absolute atomic E-state index is 0. The molecule has 5 N–H and O–H groups in total. The van der Waals surface area contributed by atoms with Crippen molar-refractivity contribution >= 4 is 65.9 Å². The number of H-pyrrole nitrogens is 2. The number of ether oxygens (including phenoxy) is 4. The molecular weight excluding hydrogens is 1200 g/mol. The Bertz CT molecular complexity index is 3950. The third-order valence-corrected chi connectivity index (χ3v) is 12.8. The number of imidazole rings is 2. The number of carboxylic acids is 1. The second-order valence-electron chi connectivity index (χ2n) is 25.0. The Morgan fingerprint density at radius 2 is 1.18 bits per heavy atom. The molecule has 6 aromatic heterocycles. The summed E-state index contributed by atoms with van der Waals surface area (Å²) in [6, 6.07) is 20.4. The van der Waals surface area contributed by atoms with Crippen molar-refractivity contribution < 1.29 is 43.2 Å². The number of aromatic nitrogens is 12. The number of fused-ring (bicyclic) bond motifs is 2. The number of carbonyl (C=O) groups is 4. The minimum Gasteiger partial charge on any atom is -0.480 e. The first-order valence-electron chi connectivity index (χ1n) is 29.3. The first-order valence-corrected chi connectivity index (χ1v) is 29.3. The standard InChI is InChI=1S/C17H19N5O2.C16H19N3O3.C11H20BNO5.C10H14N4O.C9H14N2O2.CH4/c1-17(2,3)22-11-20-13-14(18-10-19-15(13)22)21-16(23)24-9-12-7-5-4-6-8-12;1-16(2,3)19-10-9-13(17-14(19)20)18-15(21)22-11-12-7-5-4-6-8-12;1-9(8-18-4-3-17-2)6-13(7-11(15)16)10(14)5-12;1-6-12-8-7(9(15)13-6)11-5-14(8)10(2,3)4;1-6-5-11(9(2,3)4)8(13)10-7(6)12;/h4-8,10-11H,9H2,1-3H3,(H,18,19,21,23);4-10H,11H2,1-3H3,(H,17,18,20,21);9H,3-8H2,1-2H3,(H,15,16);5H,1-4H3,(H,12,13,15);5H,1-4H3,(H,10,12,13);1H4/t;;9-;;;/m..1.../s1. The Morgan fingerprint density at radius 3 is 1.69 bits per heavy atom. The van der Waals surface area contributed by atoms with E-state index in [2.05, 4.69) is 71.3 Å².